The number of thiazole rings is 1. The molecule has 1 aliphatic heterocycles. The number of aryl methyl sites for hydroxylation is 2. The van der Waals surface area contributed by atoms with Gasteiger partial charge in [-0.05, 0) is 31.0 Å². The lowest BCUT2D eigenvalue weighted by Gasteiger charge is -2.21. The Labute approximate surface area is 117 Å². The Balaban J connectivity index is 1.85. The second-order valence-corrected chi connectivity index (χ2v) is 5.82. The minimum Gasteiger partial charge on any atom is -0.368 e. The van der Waals surface area contributed by atoms with Crippen LogP contribution in [0.1, 0.15) is 22.2 Å². The number of ether oxygens (including phenoxy) is 1. The number of nitrogens with one attached hydrogen (secondary N) is 1. The van der Waals surface area contributed by atoms with Crippen LogP contribution in [-0.4, -0.2) is 24.7 Å². The molecular weight excluding hydrogens is 256 g/mol. The van der Waals surface area contributed by atoms with Crippen LogP contribution in [-0.2, 0) is 4.74 Å². The largest absolute Gasteiger partial charge is 0.368 e. The van der Waals surface area contributed by atoms with Gasteiger partial charge >= 0.3 is 0 Å². The standard InChI is InChI=1S/C15H18N2OS/c1-10-3-4-12(7-11(10)2)13-9-19-15(17-13)14-8-16-5-6-18-14/h3-4,7,9,14,16H,5-6,8H2,1-2H3. The molecule has 0 aliphatic carbocycles. The van der Waals surface area contributed by atoms with E-state index in [9.17, 15) is 0 Å². The molecule has 3 rings (SSSR count). The summed E-state index contributed by atoms with van der Waals surface area (Å²) in [4.78, 5) is 4.73. The summed E-state index contributed by atoms with van der Waals surface area (Å²) in [5, 5.41) is 6.53. The lowest BCUT2D eigenvalue weighted by molar-refractivity contribution is 0.0276. The van der Waals surface area contributed by atoms with E-state index >= 15 is 0 Å². The molecule has 4 heteroatoms. The van der Waals surface area contributed by atoms with Crippen molar-refractivity contribution >= 4 is 11.3 Å². The molecular formula is C15H18N2OS. The molecule has 0 radical (unpaired) electrons. The molecule has 1 unspecified atom stereocenters. The summed E-state index contributed by atoms with van der Waals surface area (Å²) in [5.41, 5.74) is 4.87. The minimum atomic E-state index is 0.110. The van der Waals surface area contributed by atoms with Crippen molar-refractivity contribution < 1.29 is 4.74 Å². The van der Waals surface area contributed by atoms with Crippen molar-refractivity contribution in [2.75, 3.05) is 19.7 Å². The van der Waals surface area contributed by atoms with Crippen molar-refractivity contribution in [3.8, 4) is 11.3 Å². The van der Waals surface area contributed by atoms with Crippen molar-refractivity contribution in [1.29, 1.82) is 0 Å². The number of hydrogen-bond acceptors (Lipinski definition) is 4. The number of benzene rings is 1. The van der Waals surface area contributed by atoms with Crippen LogP contribution in [0.2, 0.25) is 0 Å². The molecule has 1 saturated heterocycles. The van der Waals surface area contributed by atoms with Gasteiger partial charge in [-0.3, -0.25) is 0 Å². The highest BCUT2D eigenvalue weighted by atomic mass is 32.1. The highest BCUT2D eigenvalue weighted by molar-refractivity contribution is 7.10. The molecule has 2 heterocycles. The van der Waals surface area contributed by atoms with Gasteiger partial charge in [0.25, 0.3) is 0 Å². The van der Waals surface area contributed by atoms with Crippen LogP contribution in [0.5, 0.6) is 0 Å². The van der Waals surface area contributed by atoms with Gasteiger partial charge in [-0.2, -0.15) is 0 Å². The van der Waals surface area contributed by atoms with E-state index < -0.39 is 0 Å². The molecule has 0 spiro atoms. The highest BCUT2D eigenvalue weighted by Crippen LogP contribution is 2.28. The third-order valence-electron chi connectivity index (χ3n) is 3.53. The first-order valence-corrected chi connectivity index (χ1v) is 7.47. The van der Waals surface area contributed by atoms with Gasteiger partial charge < -0.3 is 10.1 Å². The molecule has 3 nitrogen and oxygen atoms in total. The Morgan fingerprint density at radius 3 is 2.95 bits per heavy atom. The Morgan fingerprint density at radius 2 is 2.21 bits per heavy atom. The quantitative estimate of drug-likeness (QED) is 0.914. The molecule has 0 bridgehead atoms. The summed E-state index contributed by atoms with van der Waals surface area (Å²) in [6.07, 6.45) is 0.110. The molecule has 0 amide bonds. The zero-order chi connectivity index (χ0) is 13.2. The Kier molecular flexibility index (Phi) is 3.64. The third kappa shape index (κ3) is 2.71. The second kappa shape index (κ2) is 5.41. The van der Waals surface area contributed by atoms with Gasteiger partial charge in [-0.15, -0.1) is 11.3 Å². The monoisotopic (exact) mass is 274 g/mol. The van der Waals surface area contributed by atoms with Gasteiger partial charge in [0.05, 0.1) is 12.3 Å². The van der Waals surface area contributed by atoms with E-state index in [1.807, 2.05) is 0 Å². The predicted molar refractivity (Wildman–Crippen MR) is 78.6 cm³/mol. The second-order valence-electron chi connectivity index (χ2n) is 4.93. The number of aromatic nitrogens is 1. The van der Waals surface area contributed by atoms with E-state index in [4.69, 9.17) is 9.72 Å². The summed E-state index contributed by atoms with van der Waals surface area (Å²) in [6.45, 7) is 6.84. The fraction of sp³-hybridized carbons (Fsp3) is 0.400. The summed E-state index contributed by atoms with van der Waals surface area (Å²) >= 11 is 1.68. The molecule has 1 N–H and O–H groups in total. The third-order valence-corrected chi connectivity index (χ3v) is 4.46. The number of morpholine rings is 1. The molecule has 1 atom stereocenters. The summed E-state index contributed by atoms with van der Waals surface area (Å²) in [7, 11) is 0. The molecule has 2 aromatic rings. The van der Waals surface area contributed by atoms with E-state index in [-0.39, 0.29) is 6.10 Å². The maximum atomic E-state index is 5.74. The van der Waals surface area contributed by atoms with Crippen molar-refractivity contribution in [2.45, 2.75) is 20.0 Å². The minimum absolute atomic E-state index is 0.110. The van der Waals surface area contributed by atoms with E-state index in [2.05, 4.69) is 42.7 Å². The van der Waals surface area contributed by atoms with Crippen molar-refractivity contribution in [3.63, 3.8) is 0 Å². The first-order chi connectivity index (χ1) is 9.24. The number of hydrogen-bond donors (Lipinski definition) is 1. The van der Waals surface area contributed by atoms with Crippen LogP contribution >= 0.6 is 11.3 Å². The Bertz CT molecular complexity index is 573. The number of nitrogens with zero attached hydrogens (tertiary/aromatic N) is 1. The average Bonchev–Trinajstić information content (AvgIpc) is 2.93. The van der Waals surface area contributed by atoms with Crippen LogP contribution in [0.25, 0.3) is 11.3 Å². The van der Waals surface area contributed by atoms with Gasteiger partial charge in [-0.1, -0.05) is 12.1 Å². The van der Waals surface area contributed by atoms with Crippen molar-refractivity contribution in [3.05, 3.63) is 39.7 Å². The maximum absolute atomic E-state index is 5.74. The van der Waals surface area contributed by atoms with Crippen molar-refractivity contribution in [1.82, 2.24) is 10.3 Å². The maximum Gasteiger partial charge on any atom is 0.124 e. The summed E-state index contributed by atoms with van der Waals surface area (Å²) in [6, 6.07) is 6.50. The average molecular weight is 274 g/mol. The van der Waals surface area contributed by atoms with E-state index in [1.54, 1.807) is 11.3 Å². The normalized spacial score (nSPS) is 19.6. The lowest BCUT2D eigenvalue weighted by atomic mass is 10.1. The van der Waals surface area contributed by atoms with E-state index in [1.165, 1.54) is 16.7 Å². The van der Waals surface area contributed by atoms with Gasteiger partial charge in [0.2, 0.25) is 0 Å². The van der Waals surface area contributed by atoms with Crippen LogP contribution < -0.4 is 5.32 Å². The zero-order valence-electron chi connectivity index (χ0n) is 11.3. The van der Waals surface area contributed by atoms with E-state index in [0.717, 1.165) is 30.4 Å². The molecule has 1 aromatic carbocycles. The fourth-order valence-electron chi connectivity index (χ4n) is 2.19. The topological polar surface area (TPSA) is 34.1 Å². The van der Waals surface area contributed by atoms with Gasteiger partial charge in [-0.25, -0.2) is 4.98 Å². The van der Waals surface area contributed by atoms with E-state index in [0.29, 0.717) is 0 Å². The first-order valence-electron chi connectivity index (χ1n) is 6.59. The molecule has 19 heavy (non-hydrogen) atoms. The van der Waals surface area contributed by atoms with Gasteiger partial charge in [0.1, 0.15) is 11.1 Å². The smallest absolute Gasteiger partial charge is 0.124 e. The number of rotatable bonds is 2. The zero-order valence-corrected chi connectivity index (χ0v) is 12.1. The molecule has 0 saturated carbocycles. The fourth-order valence-corrected chi connectivity index (χ4v) is 3.07. The highest BCUT2D eigenvalue weighted by Gasteiger charge is 2.19. The molecule has 100 valence electrons. The van der Waals surface area contributed by atoms with Crippen LogP contribution in [0.3, 0.4) is 0 Å². The molecule has 1 aliphatic rings. The van der Waals surface area contributed by atoms with Crippen LogP contribution in [0.15, 0.2) is 23.6 Å². The summed E-state index contributed by atoms with van der Waals surface area (Å²) in [5.74, 6) is 0. The Morgan fingerprint density at radius 1 is 1.32 bits per heavy atom. The SMILES string of the molecule is Cc1ccc(-c2csc(C3CNCCO3)n2)cc1C. The summed E-state index contributed by atoms with van der Waals surface area (Å²) < 4.78 is 5.74. The van der Waals surface area contributed by atoms with Gasteiger partial charge in [0, 0.05) is 24.0 Å². The van der Waals surface area contributed by atoms with Gasteiger partial charge in [0.15, 0.2) is 0 Å². The molecule has 1 fully saturated rings. The van der Waals surface area contributed by atoms with Crippen molar-refractivity contribution in [2.24, 2.45) is 0 Å². The van der Waals surface area contributed by atoms with Crippen LogP contribution in [0, 0.1) is 13.8 Å². The Hall–Kier alpha value is -1.23. The van der Waals surface area contributed by atoms with Crippen LogP contribution in [0.4, 0.5) is 0 Å². The lowest BCUT2D eigenvalue weighted by Crippen LogP contribution is -2.33. The first kappa shape index (κ1) is 12.8. The molecule has 1 aromatic heterocycles. The predicted octanol–water partition coefficient (Wildman–Crippen LogP) is 3.09.